The average molecular weight is 407 g/mol. The molecule has 1 aromatic carbocycles. The Kier molecular flexibility index (Phi) is 6.02. The summed E-state index contributed by atoms with van der Waals surface area (Å²) < 4.78 is 8.90. The van der Waals surface area contributed by atoms with Gasteiger partial charge in [-0.1, -0.05) is 29.4 Å². The van der Waals surface area contributed by atoms with Gasteiger partial charge < -0.3 is 14.6 Å². The molecule has 2 aromatic heterocycles. The van der Waals surface area contributed by atoms with Gasteiger partial charge in [-0.3, -0.25) is 9.48 Å². The summed E-state index contributed by atoms with van der Waals surface area (Å²) in [6.45, 7) is 2.64. The van der Waals surface area contributed by atoms with E-state index in [1.807, 2.05) is 24.7 Å². The Hall–Kier alpha value is -2.52. The number of thioether (sulfide) groups is 1. The molecule has 0 spiro atoms. The molecule has 0 atom stereocenters. The van der Waals surface area contributed by atoms with Gasteiger partial charge in [-0.15, -0.1) is 15.3 Å². The summed E-state index contributed by atoms with van der Waals surface area (Å²) >= 11 is 7.25. The number of anilines is 1. The Morgan fingerprint density at radius 1 is 1.37 bits per heavy atom. The Balaban J connectivity index is 1.72. The van der Waals surface area contributed by atoms with Gasteiger partial charge in [0.15, 0.2) is 11.0 Å². The molecule has 3 aromatic rings. The number of nitrogens with zero attached hydrogens (tertiary/aromatic N) is 5. The van der Waals surface area contributed by atoms with Gasteiger partial charge in [0, 0.05) is 30.5 Å². The first-order valence-electron chi connectivity index (χ1n) is 8.21. The van der Waals surface area contributed by atoms with Crippen molar-refractivity contribution >= 4 is 35.0 Å². The maximum absolute atomic E-state index is 12.2. The minimum absolute atomic E-state index is 0.145. The number of nitrogens with one attached hydrogen (secondary N) is 1. The van der Waals surface area contributed by atoms with Crippen LogP contribution in [-0.4, -0.2) is 43.3 Å². The van der Waals surface area contributed by atoms with E-state index in [1.165, 1.54) is 11.8 Å². The van der Waals surface area contributed by atoms with Crippen molar-refractivity contribution in [3.63, 3.8) is 0 Å². The molecule has 0 fully saturated rings. The van der Waals surface area contributed by atoms with E-state index in [0.29, 0.717) is 34.1 Å². The average Bonchev–Trinajstić information content (AvgIpc) is 3.22. The lowest BCUT2D eigenvalue weighted by molar-refractivity contribution is -0.113. The summed E-state index contributed by atoms with van der Waals surface area (Å²) in [6.07, 6.45) is 1.83. The summed E-state index contributed by atoms with van der Waals surface area (Å²) in [5.74, 6) is 1.19. The van der Waals surface area contributed by atoms with Gasteiger partial charge in [-0.05, 0) is 25.1 Å². The smallest absolute Gasteiger partial charge is 0.243 e. The van der Waals surface area contributed by atoms with E-state index >= 15 is 0 Å². The maximum Gasteiger partial charge on any atom is 0.243 e. The molecule has 0 aliphatic carbocycles. The second-order valence-electron chi connectivity index (χ2n) is 5.62. The van der Waals surface area contributed by atoms with Crippen molar-refractivity contribution in [1.29, 1.82) is 0 Å². The molecule has 0 unspecified atom stereocenters. The maximum atomic E-state index is 12.2. The molecule has 0 saturated heterocycles. The van der Waals surface area contributed by atoms with Crippen LogP contribution in [0.1, 0.15) is 6.92 Å². The van der Waals surface area contributed by atoms with E-state index in [1.54, 1.807) is 36.1 Å². The lowest BCUT2D eigenvalue weighted by Crippen LogP contribution is -2.14. The van der Waals surface area contributed by atoms with E-state index in [2.05, 4.69) is 20.6 Å². The predicted octanol–water partition coefficient (Wildman–Crippen LogP) is 3.09. The van der Waals surface area contributed by atoms with Gasteiger partial charge in [0.2, 0.25) is 11.8 Å². The van der Waals surface area contributed by atoms with Crippen molar-refractivity contribution < 1.29 is 9.53 Å². The number of aromatic nitrogens is 5. The van der Waals surface area contributed by atoms with Crippen molar-refractivity contribution in [2.75, 3.05) is 18.2 Å². The standard InChI is InChI=1S/C17H19ClN6O2S/c1-4-24-15(13-9-23(2)22-16(13)26-3)20-21-17(24)27-10-14(25)19-12-7-5-6-11(18)8-12/h5-9H,4,10H2,1-3H3,(H,19,25). The number of methoxy groups -OCH3 is 1. The molecule has 2 heterocycles. The molecule has 10 heteroatoms. The zero-order valence-electron chi connectivity index (χ0n) is 15.1. The molecule has 0 bridgehead atoms. The molecule has 0 saturated carbocycles. The summed E-state index contributed by atoms with van der Waals surface area (Å²) in [4.78, 5) is 12.2. The van der Waals surface area contributed by atoms with Crippen molar-refractivity contribution in [3.05, 3.63) is 35.5 Å². The van der Waals surface area contributed by atoms with Crippen molar-refractivity contribution in [1.82, 2.24) is 24.5 Å². The Labute approximate surface area is 165 Å². The number of rotatable bonds is 7. The number of benzene rings is 1. The zero-order chi connectivity index (χ0) is 19.4. The molecular weight excluding hydrogens is 388 g/mol. The van der Waals surface area contributed by atoms with E-state index in [9.17, 15) is 4.79 Å². The highest BCUT2D eigenvalue weighted by Crippen LogP contribution is 2.30. The fraction of sp³-hybridized carbons (Fsp3) is 0.294. The molecule has 0 aliphatic rings. The van der Waals surface area contributed by atoms with Crippen LogP contribution in [0.5, 0.6) is 5.88 Å². The minimum atomic E-state index is -0.145. The molecule has 27 heavy (non-hydrogen) atoms. The monoisotopic (exact) mass is 406 g/mol. The quantitative estimate of drug-likeness (QED) is 0.607. The fourth-order valence-corrected chi connectivity index (χ4v) is 3.54. The van der Waals surface area contributed by atoms with Gasteiger partial charge >= 0.3 is 0 Å². The van der Waals surface area contributed by atoms with Gasteiger partial charge in [-0.2, -0.15) is 0 Å². The van der Waals surface area contributed by atoms with E-state index in [-0.39, 0.29) is 11.7 Å². The van der Waals surface area contributed by atoms with Gasteiger partial charge in [-0.25, -0.2) is 0 Å². The van der Waals surface area contributed by atoms with Crippen LogP contribution in [0, 0.1) is 0 Å². The topological polar surface area (TPSA) is 86.9 Å². The summed E-state index contributed by atoms with van der Waals surface area (Å²) in [6, 6.07) is 7.03. The highest BCUT2D eigenvalue weighted by molar-refractivity contribution is 7.99. The molecule has 1 amide bonds. The number of carbonyl (C=O) groups excluding carboxylic acids is 1. The highest BCUT2D eigenvalue weighted by Gasteiger charge is 2.20. The highest BCUT2D eigenvalue weighted by atomic mass is 35.5. The predicted molar refractivity (Wildman–Crippen MR) is 105 cm³/mol. The van der Waals surface area contributed by atoms with Crippen molar-refractivity contribution in [2.45, 2.75) is 18.6 Å². The molecule has 8 nitrogen and oxygen atoms in total. The van der Waals surface area contributed by atoms with Crippen LogP contribution >= 0.6 is 23.4 Å². The first kappa shape index (κ1) is 19.2. The summed E-state index contributed by atoms with van der Waals surface area (Å²) in [5.41, 5.74) is 1.41. The number of aryl methyl sites for hydroxylation is 1. The number of hydrogen-bond donors (Lipinski definition) is 1. The summed E-state index contributed by atoms with van der Waals surface area (Å²) in [5, 5.41) is 16.8. The Morgan fingerprint density at radius 2 is 2.19 bits per heavy atom. The van der Waals surface area contributed by atoms with E-state index in [4.69, 9.17) is 16.3 Å². The number of ether oxygens (including phenoxy) is 1. The van der Waals surface area contributed by atoms with Gasteiger partial charge in [0.1, 0.15) is 5.56 Å². The zero-order valence-corrected chi connectivity index (χ0v) is 16.7. The Morgan fingerprint density at radius 3 is 2.89 bits per heavy atom. The third kappa shape index (κ3) is 4.42. The number of carbonyl (C=O) groups is 1. The van der Waals surface area contributed by atoms with Crippen LogP contribution in [0.15, 0.2) is 35.6 Å². The van der Waals surface area contributed by atoms with Crippen LogP contribution in [0.4, 0.5) is 5.69 Å². The fourth-order valence-electron chi connectivity index (χ4n) is 2.55. The van der Waals surface area contributed by atoms with Gasteiger partial charge in [0.25, 0.3) is 0 Å². The lowest BCUT2D eigenvalue weighted by atomic mass is 10.3. The number of halogens is 1. The van der Waals surface area contributed by atoms with Crippen LogP contribution in [0.2, 0.25) is 5.02 Å². The molecular formula is C17H19ClN6O2S. The Bertz CT molecular complexity index is 955. The second-order valence-corrected chi connectivity index (χ2v) is 7.00. The SMILES string of the molecule is CCn1c(SCC(=O)Nc2cccc(Cl)c2)nnc1-c1cn(C)nc1OC. The first-order valence-corrected chi connectivity index (χ1v) is 9.57. The summed E-state index contributed by atoms with van der Waals surface area (Å²) in [7, 11) is 3.38. The third-order valence-corrected chi connectivity index (χ3v) is 4.90. The molecule has 1 N–H and O–H groups in total. The number of amides is 1. The first-order chi connectivity index (χ1) is 13.0. The molecule has 3 rings (SSSR count). The third-order valence-electron chi connectivity index (χ3n) is 3.70. The van der Waals surface area contributed by atoms with E-state index in [0.717, 1.165) is 5.56 Å². The normalized spacial score (nSPS) is 10.8. The van der Waals surface area contributed by atoms with Gasteiger partial charge in [0.05, 0.1) is 12.9 Å². The van der Waals surface area contributed by atoms with E-state index < -0.39 is 0 Å². The van der Waals surface area contributed by atoms with Crippen LogP contribution in [-0.2, 0) is 18.4 Å². The second kappa shape index (κ2) is 8.45. The van der Waals surface area contributed by atoms with Crippen LogP contribution < -0.4 is 10.1 Å². The molecule has 0 radical (unpaired) electrons. The molecule has 0 aliphatic heterocycles. The minimum Gasteiger partial charge on any atom is -0.479 e. The van der Waals surface area contributed by atoms with Crippen molar-refractivity contribution in [3.8, 4) is 17.3 Å². The number of hydrogen-bond acceptors (Lipinski definition) is 6. The van der Waals surface area contributed by atoms with Crippen LogP contribution in [0.3, 0.4) is 0 Å². The lowest BCUT2D eigenvalue weighted by Gasteiger charge is -2.08. The van der Waals surface area contributed by atoms with Crippen LogP contribution in [0.25, 0.3) is 11.4 Å². The van der Waals surface area contributed by atoms with Crippen molar-refractivity contribution in [2.24, 2.45) is 7.05 Å². The largest absolute Gasteiger partial charge is 0.479 e. The molecule has 142 valence electrons.